The molecule has 0 aromatic carbocycles. The smallest absolute Gasteiger partial charge is 0.463 e. The van der Waals surface area contributed by atoms with Crippen LogP contribution in [-0.2, 0) is 55.8 Å². The Kier molecular flexibility index (Phi) is 70.9. The number of hydrogen-bond donors (Lipinski definition) is 4. The summed E-state index contributed by atoms with van der Waals surface area (Å²) in [7, 11) is -9.76. The van der Waals surface area contributed by atoms with Gasteiger partial charge in [-0.3, -0.25) is 32.5 Å². The van der Waals surface area contributed by atoms with Gasteiger partial charge in [0, 0.05) is 19.3 Å². The average Bonchev–Trinajstić information content (AvgIpc) is 2.01. The van der Waals surface area contributed by atoms with Gasteiger partial charge in [-0.1, -0.05) is 326 Å². The Bertz CT molecular complexity index is 2010. The molecule has 0 aromatic rings. The fourth-order valence-corrected chi connectivity index (χ4v) is 12.7. The molecule has 0 aliphatic carbocycles. The van der Waals surface area contributed by atoms with Crippen molar-refractivity contribution in [2.24, 2.45) is 0 Å². The lowest BCUT2D eigenvalue weighted by Crippen LogP contribution is -2.30. The van der Waals surface area contributed by atoms with Crippen molar-refractivity contribution >= 4 is 33.6 Å². The largest absolute Gasteiger partial charge is 0.472 e. The Labute approximate surface area is 592 Å². The minimum atomic E-state index is -4.92. The molecule has 4 N–H and O–H groups in total. The van der Waals surface area contributed by atoms with Gasteiger partial charge in [0.2, 0.25) is 0 Å². The third-order valence-electron chi connectivity index (χ3n) is 17.2. The number of rotatable bonds is 76. The first-order valence-corrected chi connectivity index (χ1v) is 42.6. The van der Waals surface area contributed by atoms with Crippen molar-refractivity contribution in [3.05, 3.63) is 60.8 Å². The molecular formula is C79H146O16P2. The lowest BCUT2D eigenvalue weighted by atomic mass is 10.0. The Balaban J connectivity index is 4.25. The van der Waals surface area contributed by atoms with E-state index in [0.717, 1.165) is 96.3 Å². The summed E-state index contributed by atoms with van der Waals surface area (Å²) in [5.74, 6) is -1.56. The van der Waals surface area contributed by atoms with Gasteiger partial charge >= 0.3 is 33.6 Å². The molecule has 0 rings (SSSR count). The second-order valence-electron chi connectivity index (χ2n) is 26.9. The summed E-state index contributed by atoms with van der Waals surface area (Å²) in [5.41, 5.74) is 0. The van der Waals surface area contributed by atoms with Crippen molar-refractivity contribution in [2.45, 2.75) is 386 Å². The quantitative estimate of drug-likeness (QED) is 0.0146. The Morgan fingerprint density at radius 3 is 0.876 bits per heavy atom. The molecule has 0 spiro atoms. The summed E-state index contributed by atoms with van der Waals surface area (Å²) >= 11 is 0. The number of unbranched alkanes of at least 4 members (excludes halogenated alkanes) is 43. The second kappa shape index (κ2) is 73.0. The highest BCUT2D eigenvalue weighted by Gasteiger charge is 2.29. The van der Waals surface area contributed by atoms with Crippen LogP contribution in [0.15, 0.2) is 60.8 Å². The molecule has 0 amide bonds. The molecule has 0 fully saturated rings. The van der Waals surface area contributed by atoms with Crippen molar-refractivity contribution < 1.29 is 75.8 Å². The van der Waals surface area contributed by atoms with E-state index in [9.17, 15) is 43.5 Å². The summed E-state index contributed by atoms with van der Waals surface area (Å²) in [6.45, 7) is 2.65. The first-order valence-electron chi connectivity index (χ1n) is 39.6. The highest BCUT2D eigenvalue weighted by Crippen LogP contribution is 2.45. The fourth-order valence-electron chi connectivity index (χ4n) is 11.1. The van der Waals surface area contributed by atoms with Crippen LogP contribution in [0.2, 0.25) is 0 Å². The van der Waals surface area contributed by atoms with Crippen molar-refractivity contribution in [2.75, 3.05) is 39.6 Å². The van der Waals surface area contributed by atoms with Gasteiger partial charge in [-0.25, -0.2) is 9.13 Å². The summed E-state index contributed by atoms with van der Waals surface area (Å²) < 4.78 is 61.0. The molecular weight excluding hydrogens is 1270 g/mol. The number of carbonyl (C=O) groups excluding carboxylic acids is 3. The van der Waals surface area contributed by atoms with E-state index in [2.05, 4.69) is 81.5 Å². The third-order valence-corrected chi connectivity index (χ3v) is 19.1. The molecule has 0 aliphatic heterocycles. The SMILES string of the molecule is CCCC/C=C\CCCCCCCC(=O)OC(COC(=O)CCCCCCCCCCCCCCCCC)COP(=O)(O)OCC(O)COP(=O)(O)OCC(O)COC(=O)CCCCCCCCCCCCCCCCCCCCC/C=C\C/C=C\C/C=C\C/C=C\CCCCC. The minimum absolute atomic E-state index is 0.0999. The number of phosphoric ester groups is 2. The number of carbonyl (C=O) groups is 3. The first kappa shape index (κ1) is 94.2. The molecule has 97 heavy (non-hydrogen) atoms. The lowest BCUT2D eigenvalue weighted by Gasteiger charge is -2.21. The second-order valence-corrected chi connectivity index (χ2v) is 29.8. The van der Waals surface area contributed by atoms with Gasteiger partial charge in [-0.15, -0.1) is 0 Å². The van der Waals surface area contributed by atoms with Crippen LogP contribution in [-0.4, -0.2) is 95.9 Å². The zero-order valence-corrected chi connectivity index (χ0v) is 63.8. The van der Waals surface area contributed by atoms with Crippen LogP contribution in [0.1, 0.15) is 367 Å². The van der Waals surface area contributed by atoms with Crippen molar-refractivity contribution in [3.8, 4) is 0 Å². The van der Waals surface area contributed by atoms with Crippen LogP contribution in [0, 0.1) is 0 Å². The third kappa shape index (κ3) is 74.3. The first-order chi connectivity index (χ1) is 47.2. The molecule has 0 radical (unpaired) electrons. The minimum Gasteiger partial charge on any atom is -0.463 e. The van der Waals surface area contributed by atoms with E-state index in [1.807, 2.05) is 0 Å². The topological polar surface area (TPSA) is 231 Å². The van der Waals surface area contributed by atoms with E-state index in [1.54, 1.807) is 0 Å². The number of esters is 3. The van der Waals surface area contributed by atoms with Gasteiger partial charge in [-0.05, 0) is 83.5 Å². The molecule has 5 unspecified atom stereocenters. The Hall–Kier alpha value is -2.75. The van der Waals surface area contributed by atoms with Crippen LogP contribution >= 0.6 is 15.6 Å². The van der Waals surface area contributed by atoms with E-state index in [0.29, 0.717) is 19.3 Å². The number of phosphoric acid groups is 2. The molecule has 0 aromatic heterocycles. The van der Waals surface area contributed by atoms with E-state index in [1.165, 1.54) is 212 Å². The van der Waals surface area contributed by atoms with E-state index < -0.39 is 91.5 Å². The van der Waals surface area contributed by atoms with Gasteiger partial charge in [-0.2, -0.15) is 0 Å². The molecule has 0 bridgehead atoms. The molecule has 5 atom stereocenters. The van der Waals surface area contributed by atoms with E-state index >= 15 is 0 Å². The van der Waals surface area contributed by atoms with Crippen molar-refractivity contribution in [1.29, 1.82) is 0 Å². The standard InChI is InChI=1S/C79H146O16P2/c1-4-7-10-13-16-19-22-24-26-27-28-29-30-31-32-33-34-35-36-37-38-39-40-41-42-43-44-45-47-49-51-53-56-59-62-65-77(82)89-68-74(80)69-91-96(85,86)92-70-75(81)71-93-97(87,88)94-73-76(95-79(84)67-64-61-58-55-50-21-18-15-12-9-6-3)72-90-78(83)66-63-60-57-54-52-48-46-25-23-20-17-14-11-8-5-2/h15-16,18-19,24,26,28-29,31-32,74-76,80-81H,4-14,17,20-23,25,27,30,33-73H2,1-3H3,(H,85,86)(H,87,88)/b18-15-,19-16-,26-24-,29-28-,32-31-. The Morgan fingerprint density at radius 2 is 0.526 bits per heavy atom. The number of allylic oxidation sites excluding steroid dienone is 10. The Morgan fingerprint density at radius 1 is 0.289 bits per heavy atom. The fraction of sp³-hybridized carbons (Fsp3) is 0.835. The number of ether oxygens (including phenoxy) is 3. The van der Waals surface area contributed by atoms with Gasteiger partial charge in [0.15, 0.2) is 6.10 Å². The summed E-state index contributed by atoms with van der Waals surface area (Å²) in [6.07, 6.45) is 78.8. The van der Waals surface area contributed by atoms with Gasteiger partial charge in [0.25, 0.3) is 0 Å². The molecule has 568 valence electrons. The van der Waals surface area contributed by atoms with Crippen LogP contribution in [0.25, 0.3) is 0 Å². The zero-order valence-electron chi connectivity index (χ0n) is 62.0. The summed E-state index contributed by atoms with van der Waals surface area (Å²) in [5, 5.41) is 20.6. The van der Waals surface area contributed by atoms with Crippen LogP contribution in [0.4, 0.5) is 0 Å². The number of aliphatic hydroxyl groups excluding tert-OH is 2. The lowest BCUT2D eigenvalue weighted by molar-refractivity contribution is -0.161. The average molecular weight is 1410 g/mol. The molecule has 0 saturated heterocycles. The molecule has 16 nitrogen and oxygen atoms in total. The maximum Gasteiger partial charge on any atom is 0.472 e. The molecule has 18 heteroatoms. The summed E-state index contributed by atoms with van der Waals surface area (Å²) in [4.78, 5) is 58.4. The van der Waals surface area contributed by atoms with Crippen molar-refractivity contribution in [3.63, 3.8) is 0 Å². The monoisotopic (exact) mass is 1410 g/mol. The van der Waals surface area contributed by atoms with Crippen LogP contribution in [0.3, 0.4) is 0 Å². The van der Waals surface area contributed by atoms with Crippen molar-refractivity contribution in [1.82, 2.24) is 0 Å². The molecule has 0 heterocycles. The maximum absolute atomic E-state index is 12.9. The van der Waals surface area contributed by atoms with Crippen LogP contribution < -0.4 is 0 Å². The van der Waals surface area contributed by atoms with Gasteiger partial charge < -0.3 is 34.2 Å². The highest BCUT2D eigenvalue weighted by molar-refractivity contribution is 7.47. The normalized spacial score (nSPS) is 14.3. The number of aliphatic hydroxyl groups is 2. The highest BCUT2D eigenvalue weighted by atomic mass is 31.2. The van der Waals surface area contributed by atoms with E-state index in [-0.39, 0.29) is 19.3 Å². The van der Waals surface area contributed by atoms with E-state index in [4.69, 9.17) is 32.3 Å². The predicted octanol–water partition coefficient (Wildman–Crippen LogP) is 22.9. The molecule has 0 saturated carbocycles. The van der Waals surface area contributed by atoms with Crippen LogP contribution in [0.5, 0.6) is 0 Å². The summed E-state index contributed by atoms with van der Waals surface area (Å²) in [6, 6.07) is 0. The number of hydrogen-bond acceptors (Lipinski definition) is 14. The zero-order chi connectivity index (χ0) is 70.9. The maximum atomic E-state index is 12.9. The predicted molar refractivity (Wildman–Crippen MR) is 399 cm³/mol. The van der Waals surface area contributed by atoms with Gasteiger partial charge in [0.05, 0.1) is 26.4 Å². The van der Waals surface area contributed by atoms with Gasteiger partial charge in [0.1, 0.15) is 25.4 Å². The molecule has 0 aliphatic rings.